The van der Waals surface area contributed by atoms with Crippen LogP contribution in [0.3, 0.4) is 0 Å². The van der Waals surface area contributed by atoms with Crippen LogP contribution in [0.1, 0.15) is 60.4 Å². The van der Waals surface area contributed by atoms with Crippen LogP contribution in [0.5, 0.6) is 0 Å². The highest BCUT2D eigenvalue weighted by Crippen LogP contribution is 2.29. The van der Waals surface area contributed by atoms with E-state index >= 15 is 0 Å². The molecule has 0 radical (unpaired) electrons. The lowest BCUT2D eigenvalue weighted by atomic mass is 9.98. The van der Waals surface area contributed by atoms with E-state index in [2.05, 4.69) is 31.1 Å². The van der Waals surface area contributed by atoms with Gasteiger partial charge in [0.2, 0.25) is 0 Å². The molecule has 2 N–H and O–H groups in total. The number of nitrogens with zero attached hydrogens (tertiary/aromatic N) is 1. The van der Waals surface area contributed by atoms with Gasteiger partial charge in [-0.15, -0.1) is 11.3 Å². The van der Waals surface area contributed by atoms with E-state index in [9.17, 15) is 9.59 Å². The van der Waals surface area contributed by atoms with Crippen molar-refractivity contribution in [2.24, 2.45) is 0 Å². The van der Waals surface area contributed by atoms with Crippen molar-refractivity contribution < 1.29 is 14.7 Å². The molecule has 1 amide bonds. The molecule has 1 rings (SSSR count). The molecular weight excluding hydrogens is 276 g/mol. The fourth-order valence-corrected chi connectivity index (χ4v) is 2.65. The lowest BCUT2D eigenvalue weighted by molar-refractivity contribution is -0.137. The number of hydrogen-bond donors (Lipinski definition) is 2. The second-order valence-electron chi connectivity index (χ2n) is 5.79. The second-order valence-corrected chi connectivity index (χ2v) is 6.79. The van der Waals surface area contributed by atoms with Crippen molar-refractivity contribution in [2.75, 3.05) is 6.54 Å². The van der Waals surface area contributed by atoms with Crippen LogP contribution in [-0.2, 0) is 10.2 Å². The fourth-order valence-electron chi connectivity index (χ4n) is 1.61. The summed E-state index contributed by atoms with van der Waals surface area (Å²) in [5, 5.41) is 12.3. The molecular formula is C14H22N2O3S. The van der Waals surface area contributed by atoms with Crippen LogP contribution in [0.25, 0.3) is 0 Å². The van der Waals surface area contributed by atoms with Crippen molar-refractivity contribution >= 4 is 23.2 Å². The van der Waals surface area contributed by atoms with Gasteiger partial charge in [-0.3, -0.25) is 9.59 Å². The van der Waals surface area contributed by atoms with Gasteiger partial charge in [0.25, 0.3) is 5.91 Å². The molecule has 0 aliphatic rings. The van der Waals surface area contributed by atoms with Crippen LogP contribution in [-0.4, -0.2) is 28.5 Å². The van der Waals surface area contributed by atoms with Crippen molar-refractivity contribution in [2.45, 2.75) is 52.4 Å². The van der Waals surface area contributed by atoms with Crippen LogP contribution >= 0.6 is 11.3 Å². The third kappa shape index (κ3) is 4.92. The lowest BCUT2D eigenvalue weighted by Gasteiger charge is -2.13. The zero-order valence-corrected chi connectivity index (χ0v) is 13.3. The molecule has 5 nitrogen and oxygen atoms in total. The normalized spacial score (nSPS) is 11.4. The number of unbranched alkanes of at least 4 members (excludes halogenated alkanes) is 1. The van der Waals surface area contributed by atoms with Gasteiger partial charge in [0.1, 0.15) is 4.88 Å². The van der Waals surface area contributed by atoms with E-state index in [4.69, 9.17) is 5.11 Å². The molecule has 20 heavy (non-hydrogen) atoms. The van der Waals surface area contributed by atoms with Gasteiger partial charge < -0.3 is 10.4 Å². The van der Waals surface area contributed by atoms with Gasteiger partial charge in [-0.25, -0.2) is 4.98 Å². The van der Waals surface area contributed by atoms with Crippen LogP contribution in [0.4, 0.5) is 0 Å². The number of aliphatic carboxylic acids is 1. The van der Waals surface area contributed by atoms with E-state index in [-0.39, 0.29) is 17.7 Å². The lowest BCUT2D eigenvalue weighted by Crippen LogP contribution is -2.24. The summed E-state index contributed by atoms with van der Waals surface area (Å²) in [5.74, 6) is -0.921. The van der Waals surface area contributed by atoms with Gasteiger partial charge in [0, 0.05) is 18.4 Å². The summed E-state index contributed by atoms with van der Waals surface area (Å²) in [4.78, 5) is 27.5. The first-order valence-electron chi connectivity index (χ1n) is 6.69. The van der Waals surface area contributed by atoms with Gasteiger partial charge in [0.05, 0.1) is 10.7 Å². The Labute approximate surface area is 123 Å². The van der Waals surface area contributed by atoms with Crippen molar-refractivity contribution in [1.82, 2.24) is 10.3 Å². The summed E-state index contributed by atoms with van der Waals surface area (Å²) in [6.45, 7) is 8.54. The Morgan fingerprint density at radius 3 is 2.45 bits per heavy atom. The molecule has 1 aromatic heterocycles. The third-order valence-electron chi connectivity index (χ3n) is 2.75. The van der Waals surface area contributed by atoms with Crippen LogP contribution < -0.4 is 5.32 Å². The van der Waals surface area contributed by atoms with Crippen molar-refractivity contribution in [3.8, 4) is 0 Å². The van der Waals surface area contributed by atoms with Crippen molar-refractivity contribution in [1.29, 1.82) is 0 Å². The predicted octanol–water partition coefficient (Wildman–Crippen LogP) is 2.73. The average molecular weight is 298 g/mol. The Morgan fingerprint density at radius 2 is 1.95 bits per heavy atom. The van der Waals surface area contributed by atoms with Crippen LogP contribution in [0, 0.1) is 6.92 Å². The SMILES string of the molecule is Cc1nc(C(C)(C)C)sc1C(=O)NCCCCC(=O)O. The molecule has 0 aliphatic carbocycles. The van der Waals surface area contributed by atoms with E-state index in [0.717, 1.165) is 10.7 Å². The topological polar surface area (TPSA) is 79.3 Å². The second kappa shape index (κ2) is 6.83. The first kappa shape index (κ1) is 16.6. The zero-order valence-electron chi connectivity index (χ0n) is 12.4. The van der Waals surface area contributed by atoms with Crippen LogP contribution in [0.15, 0.2) is 0 Å². The Kier molecular flexibility index (Phi) is 5.68. The number of carboxylic acid groups (broad SMARTS) is 1. The Hall–Kier alpha value is -1.43. The number of nitrogens with one attached hydrogen (secondary N) is 1. The molecule has 0 aliphatic heterocycles. The van der Waals surface area contributed by atoms with Gasteiger partial charge in [-0.2, -0.15) is 0 Å². The summed E-state index contributed by atoms with van der Waals surface area (Å²) in [6, 6.07) is 0. The number of carbonyl (C=O) groups excluding carboxylic acids is 1. The van der Waals surface area contributed by atoms with E-state index in [1.807, 2.05) is 6.92 Å². The number of thiazole rings is 1. The highest BCUT2D eigenvalue weighted by Gasteiger charge is 2.22. The van der Waals surface area contributed by atoms with E-state index in [0.29, 0.717) is 24.3 Å². The molecule has 1 aromatic rings. The molecule has 6 heteroatoms. The van der Waals surface area contributed by atoms with Crippen molar-refractivity contribution in [3.63, 3.8) is 0 Å². The first-order valence-corrected chi connectivity index (χ1v) is 7.51. The average Bonchev–Trinajstić information content (AvgIpc) is 2.70. The summed E-state index contributed by atoms with van der Waals surface area (Å²) >= 11 is 1.43. The molecule has 0 saturated carbocycles. The monoisotopic (exact) mass is 298 g/mol. The number of amides is 1. The maximum Gasteiger partial charge on any atom is 0.303 e. The minimum absolute atomic E-state index is 0.0601. The third-order valence-corrected chi connectivity index (χ3v) is 4.33. The van der Waals surface area contributed by atoms with Gasteiger partial charge in [-0.05, 0) is 19.8 Å². The van der Waals surface area contributed by atoms with Crippen molar-refractivity contribution in [3.05, 3.63) is 15.6 Å². The number of carbonyl (C=O) groups is 2. The molecule has 0 atom stereocenters. The fraction of sp³-hybridized carbons (Fsp3) is 0.643. The molecule has 0 aromatic carbocycles. The minimum atomic E-state index is -0.801. The van der Waals surface area contributed by atoms with E-state index in [1.54, 1.807) is 0 Å². The van der Waals surface area contributed by atoms with Gasteiger partial charge in [-0.1, -0.05) is 20.8 Å². The van der Waals surface area contributed by atoms with Gasteiger partial charge >= 0.3 is 5.97 Å². The number of carboxylic acids is 1. The molecule has 0 bridgehead atoms. The number of aryl methyl sites for hydroxylation is 1. The largest absolute Gasteiger partial charge is 0.481 e. The van der Waals surface area contributed by atoms with E-state index < -0.39 is 5.97 Å². The Morgan fingerprint density at radius 1 is 1.30 bits per heavy atom. The number of aromatic nitrogens is 1. The summed E-state index contributed by atoms with van der Waals surface area (Å²) in [7, 11) is 0. The molecule has 112 valence electrons. The number of hydrogen-bond acceptors (Lipinski definition) is 4. The molecule has 0 unspecified atom stereocenters. The van der Waals surface area contributed by atoms with Gasteiger partial charge in [0.15, 0.2) is 0 Å². The highest BCUT2D eigenvalue weighted by atomic mass is 32.1. The Balaban J connectivity index is 2.52. The summed E-state index contributed by atoms with van der Waals surface area (Å²) in [6.07, 6.45) is 1.39. The minimum Gasteiger partial charge on any atom is -0.481 e. The smallest absolute Gasteiger partial charge is 0.303 e. The Bertz CT molecular complexity index is 489. The first-order chi connectivity index (χ1) is 9.21. The molecule has 0 spiro atoms. The summed E-state index contributed by atoms with van der Waals surface area (Å²) < 4.78 is 0. The molecule has 0 saturated heterocycles. The predicted molar refractivity (Wildman–Crippen MR) is 79.4 cm³/mol. The molecule has 0 fully saturated rings. The van der Waals surface area contributed by atoms with Crippen LogP contribution in [0.2, 0.25) is 0 Å². The van der Waals surface area contributed by atoms with E-state index in [1.165, 1.54) is 11.3 Å². The number of rotatable bonds is 6. The maximum absolute atomic E-state index is 12.0. The quantitative estimate of drug-likeness (QED) is 0.791. The maximum atomic E-state index is 12.0. The summed E-state index contributed by atoms with van der Waals surface area (Å²) in [5.41, 5.74) is 0.693. The molecule has 1 heterocycles. The standard InChI is InChI=1S/C14H22N2O3S/c1-9-11(20-13(16-9)14(2,3)4)12(19)15-8-6-5-7-10(17)18/h5-8H2,1-4H3,(H,15,19)(H,17,18). The highest BCUT2D eigenvalue weighted by molar-refractivity contribution is 7.14. The zero-order chi connectivity index (χ0) is 15.3.